The van der Waals surface area contributed by atoms with Crippen molar-refractivity contribution in [2.24, 2.45) is 5.73 Å². The molecule has 0 saturated carbocycles. The van der Waals surface area contributed by atoms with E-state index in [0.29, 0.717) is 6.42 Å². The summed E-state index contributed by atoms with van der Waals surface area (Å²) >= 11 is 0. The molecular formula is C12H18N2O3. The lowest BCUT2D eigenvalue weighted by Crippen LogP contribution is -2.36. The van der Waals surface area contributed by atoms with Gasteiger partial charge in [-0.15, -0.1) is 0 Å². The Morgan fingerprint density at radius 1 is 1.29 bits per heavy atom. The van der Waals surface area contributed by atoms with Gasteiger partial charge in [0.25, 0.3) is 5.91 Å². The topological polar surface area (TPSA) is 95.6 Å². The predicted octanol–water partition coefficient (Wildman–Crippen LogP) is 0.953. The van der Waals surface area contributed by atoms with Gasteiger partial charge in [-0.3, -0.25) is 4.79 Å². The maximum Gasteiger partial charge on any atom is 0.251 e. The number of carbonyl (C=O) groups excluding carboxylic acids is 1. The standard InChI is InChI=1S/C12H18N2O3/c1-7(13)3-8(2)14-12(17)9-4-10(15)6-11(16)5-9/h4-8,15-16H,3,13H2,1-2H3,(H,14,17). The first-order valence-corrected chi connectivity index (χ1v) is 5.48. The Balaban J connectivity index is 2.69. The fourth-order valence-corrected chi connectivity index (χ4v) is 1.65. The fraction of sp³-hybridized carbons (Fsp3) is 0.417. The van der Waals surface area contributed by atoms with Gasteiger partial charge in [-0.25, -0.2) is 0 Å². The Morgan fingerprint density at radius 3 is 2.29 bits per heavy atom. The molecule has 5 heteroatoms. The van der Waals surface area contributed by atoms with E-state index in [1.165, 1.54) is 18.2 Å². The lowest BCUT2D eigenvalue weighted by molar-refractivity contribution is 0.0936. The van der Waals surface area contributed by atoms with Gasteiger partial charge in [0, 0.05) is 23.7 Å². The molecule has 5 N–H and O–H groups in total. The zero-order chi connectivity index (χ0) is 13.0. The van der Waals surface area contributed by atoms with Gasteiger partial charge in [0.1, 0.15) is 11.5 Å². The van der Waals surface area contributed by atoms with Crippen LogP contribution in [-0.4, -0.2) is 28.2 Å². The van der Waals surface area contributed by atoms with Crippen LogP contribution in [0.4, 0.5) is 0 Å². The Hall–Kier alpha value is -1.75. The highest BCUT2D eigenvalue weighted by molar-refractivity contribution is 5.95. The van der Waals surface area contributed by atoms with E-state index in [1.807, 2.05) is 13.8 Å². The first kappa shape index (κ1) is 13.3. The summed E-state index contributed by atoms with van der Waals surface area (Å²) in [5, 5.41) is 21.3. The van der Waals surface area contributed by atoms with Crippen molar-refractivity contribution >= 4 is 5.91 Å². The Kier molecular flexibility index (Phi) is 4.34. The second-order valence-corrected chi connectivity index (χ2v) is 4.33. The maximum absolute atomic E-state index is 11.8. The minimum atomic E-state index is -0.343. The molecule has 2 atom stereocenters. The molecule has 5 nitrogen and oxygen atoms in total. The molecule has 1 amide bonds. The van der Waals surface area contributed by atoms with Crippen LogP contribution in [0.25, 0.3) is 0 Å². The van der Waals surface area contributed by atoms with Crippen LogP contribution >= 0.6 is 0 Å². The number of carbonyl (C=O) groups is 1. The molecule has 0 heterocycles. The van der Waals surface area contributed by atoms with Gasteiger partial charge in [-0.1, -0.05) is 0 Å². The zero-order valence-corrected chi connectivity index (χ0v) is 9.97. The molecular weight excluding hydrogens is 220 g/mol. The third-order valence-electron chi connectivity index (χ3n) is 2.27. The number of nitrogens with two attached hydrogens (primary N) is 1. The molecule has 1 rings (SSSR count). The molecule has 17 heavy (non-hydrogen) atoms. The Labute approximate surface area is 100 Å². The normalized spacial score (nSPS) is 14.1. The number of phenols is 2. The van der Waals surface area contributed by atoms with Crippen LogP contribution in [0.15, 0.2) is 18.2 Å². The number of amides is 1. The average molecular weight is 238 g/mol. The number of hydrogen-bond acceptors (Lipinski definition) is 4. The van der Waals surface area contributed by atoms with Gasteiger partial charge in [0.2, 0.25) is 0 Å². The zero-order valence-electron chi connectivity index (χ0n) is 9.97. The van der Waals surface area contributed by atoms with E-state index in [2.05, 4.69) is 5.32 Å². The highest BCUT2D eigenvalue weighted by atomic mass is 16.3. The third kappa shape index (κ3) is 4.32. The minimum absolute atomic E-state index is 0.00267. The van der Waals surface area contributed by atoms with Crippen molar-refractivity contribution in [2.45, 2.75) is 32.4 Å². The fourth-order valence-electron chi connectivity index (χ4n) is 1.65. The molecule has 0 aromatic heterocycles. The van der Waals surface area contributed by atoms with Crippen molar-refractivity contribution in [1.82, 2.24) is 5.32 Å². The van der Waals surface area contributed by atoms with Gasteiger partial charge >= 0.3 is 0 Å². The van der Waals surface area contributed by atoms with Crippen LogP contribution < -0.4 is 11.1 Å². The van der Waals surface area contributed by atoms with Gasteiger partial charge < -0.3 is 21.3 Å². The monoisotopic (exact) mass is 238 g/mol. The van der Waals surface area contributed by atoms with Crippen LogP contribution in [0.1, 0.15) is 30.6 Å². The second kappa shape index (κ2) is 5.54. The number of rotatable bonds is 4. The van der Waals surface area contributed by atoms with Gasteiger partial charge in [-0.05, 0) is 32.4 Å². The summed E-state index contributed by atoms with van der Waals surface area (Å²) in [5.41, 5.74) is 5.85. The van der Waals surface area contributed by atoms with Crippen molar-refractivity contribution in [3.8, 4) is 11.5 Å². The van der Waals surface area contributed by atoms with E-state index in [-0.39, 0.29) is 35.1 Å². The number of hydrogen-bond donors (Lipinski definition) is 4. The highest BCUT2D eigenvalue weighted by Gasteiger charge is 2.12. The first-order chi connectivity index (χ1) is 7.88. The predicted molar refractivity (Wildman–Crippen MR) is 65.0 cm³/mol. The molecule has 0 radical (unpaired) electrons. The molecule has 0 bridgehead atoms. The average Bonchev–Trinajstić information content (AvgIpc) is 2.14. The van der Waals surface area contributed by atoms with Crippen LogP contribution in [0.3, 0.4) is 0 Å². The number of benzene rings is 1. The molecule has 2 unspecified atom stereocenters. The van der Waals surface area contributed by atoms with E-state index in [9.17, 15) is 15.0 Å². The smallest absolute Gasteiger partial charge is 0.251 e. The van der Waals surface area contributed by atoms with Gasteiger partial charge in [0.05, 0.1) is 0 Å². The number of aromatic hydroxyl groups is 2. The van der Waals surface area contributed by atoms with Crippen LogP contribution in [0.2, 0.25) is 0 Å². The molecule has 94 valence electrons. The maximum atomic E-state index is 11.8. The van der Waals surface area contributed by atoms with Crippen molar-refractivity contribution in [1.29, 1.82) is 0 Å². The summed E-state index contributed by atoms with van der Waals surface area (Å²) in [6.45, 7) is 3.72. The van der Waals surface area contributed by atoms with Crippen molar-refractivity contribution in [2.75, 3.05) is 0 Å². The van der Waals surface area contributed by atoms with Crippen molar-refractivity contribution < 1.29 is 15.0 Å². The quantitative estimate of drug-likeness (QED) is 0.628. The molecule has 0 spiro atoms. The van der Waals surface area contributed by atoms with E-state index in [0.717, 1.165) is 0 Å². The SMILES string of the molecule is CC(N)CC(C)NC(=O)c1cc(O)cc(O)c1. The van der Waals surface area contributed by atoms with E-state index in [1.54, 1.807) is 0 Å². The Morgan fingerprint density at radius 2 is 1.82 bits per heavy atom. The van der Waals surface area contributed by atoms with Crippen molar-refractivity contribution in [3.63, 3.8) is 0 Å². The molecule has 0 aliphatic heterocycles. The number of phenolic OH excluding ortho intramolecular Hbond substituents is 2. The third-order valence-corrected chi connectivity index (χ3v) is 2.27. The van der Waals surface area contributed by atoms with Crippen molar-refractivity contribution in [3.05, 3.63) is 23.8 Å². The van der Waals surface area contributed by atoms with E-state index in [4.69, 9.17) is 5.73 Å². The van der Waals surface area contributed by atoms with Crippen LogP contribution in [-0.2, 0) is 0 Å². The molecule has 0 saturated heterocycles. The number of nitrogens with one attached hydrogen (secondary N) is 1. The van der Waals surface area contributed by atoms with Gasteiger partial charge in [0.15, 0.2) is 0 Å². The highest BCUT2D eigenvalue weighted by Crippen LogP contribution is 2.20. The summed E-state index contributed by atoms with van der Waals surface area (Å²) < 4.78 is 0. The molecule has 1 aromatic carbocycles. The molecule has 0 fully saturated rings. The molecule has 1 aromatic rings. The van der Waals surface area contributed by atoms with Crippen LogP contribution in [0.5, 0.6) is 11.5 Å². The summed E-state index contributed by atoms with van der Waals surface area (Å²) in [5.74, 6) is -0.630. The van der Waals surface area contributed by atoms with E-state index >= 15 is 0 Å². The Bertz CT molecular complexity index is 384. The molecule has 0 aliphatic carbocycles. The van der Waals surface area contributed by atoms with Crippen LogP contribution in [0, 0.1) is 0 Å². The second-order valence-electron chi connectivity index (χ2n) is 4.33. The minimum Gasteiger partial charge on any atom is -0.508 e. The summed E-state index contributed by atoms with van der Waals surface area (Å²) in [4.78, 5) is 11.8. The van der Waals surface area contributed by atoms with E-state index < -0.39 is 0 Å². The summed E-state index contributed by atoms with van der Waals surface area (Å²) in [6.07, 6.45) is 0.663. The first-order valence-electron chi connectivity index (χ1n) is 5.48. The summed E-state index contributed by atoms with van der Waals surface area (Å²) in [6, 6.07) is 3.71. The molecule has 0 aliphatic rings. The van der Waals surface area contributed by atoms with Gasteiger partial charge in [-0.2, -0.15) is 0 Å². The largest absolute Gasteiger partial charge is 0.508 e. The lowest BCUT2D eigenvalue weighted by atomic mass is 10.1. The lowest BCUT2D eigenvalue weighted by Gasteiger charge is -2.16. The summed E-state index contributed by atoms with van der Waals surface area (Å²) in [7, 11) is 0.